The Kier molecular flexibility index (Phi) is 3.59. The summed E-state index contributed by atoms with van der Waals surface area (Å²) in [6, 6.07) is 0. The standard InChI is InChI=1S/C10H13.3CHO.Ti/c1-8-6-9-4-2-3-5-10(9)7-8;3*1-2;/h6-7H,2-5H2,1H3;3*1H;. The van der Waals surface area contributed by atoms with Gasteiger partial charge in [-0.3, -0.25) is 0 Å². The molecule has 17 heavy (non-hydrogen) atoms. The molecular weight excluding hydrogens is 252 g/mol. The summed E-state index contributed by atoms with van der Waals surface area (Å²) >= 11 is -3.69. The van der Waals surface area contributed by atoms with E-state index in [-0.39, 0.29) is 4.22 Å². The maximum absolute atomic E-state index is 11.3. The predicted octanol–water partition coefficient (Wildman–Crippen LogP) is 2.33. The van der Waals surface area contributed by atoms with E-state index in [2.05, 4.69) is 6.08 Å². The van der Waals surface area contributed by atoms with Crippen molar-refractivity contribution < 1.29 is 31.0 Å². The van der Waals surface area contributed by atoms with Gasteiger partial charge in [0.1, 0.15) is 0 Å². The van der Waals surface area contributed by atoms with Crippen molar-refractivity contribution in [3.63, 3.8) is 0 Å². The van der Waals surface area contributed by atoms with Crippen LogP contribution in [0.3, 0.4) is 0 Å². The summed E-state index contributed by atoms with van der Waals surface area (Å²) in [5.41, 5.74) is 3.53. The average Bonchev–Trinajstić information content (AvgIpc) is 2.70. The molecule has 4 heteroatoms. The zero-order chi connectivity index (χ0) is 12.5. The first-order valence-electron chi connectivity index (χ1n) is 5.97. The Balaban J connectivity index is 2.47. The normalized spacial score (nSPS) is 24.1. The monoisotopic (exact) mass is 268 g/mol. The van der Waals surface area contributed by atoms with Crippen molar-refractivity contribution in [3.8, 4) is 0 Å². The Morgan fingerprint density at radius 1 is 1.12 bits per heavy atom. The molecule has 90 valence electrons. The topological polar surface area (TPSA) is 51.2 Å². The molecule has 0 spiro atoms. The summed E-state index contributed by atoms with van der Waals surface area (Å²) < 4.78 is 1.92. The number of allylic oxidation sites excluding steroid dienone is 4. The Morgan fingerprint density at radius 2 is 1.71 bits per heavy atom. The van der Waals surface area contributed by atoms with Gasteiger partial charge in [-0.2, -0.15) is 0 Å². The Hall–Kier alpha value is -0.796. The van der Waals surface area contributed by atoms with Gasteiger partial charge in [0, 0.05) is 0 Å². The van der Waals surface area contributed by atoms with Gasteiger partial charge < -0.3 is 0 Å². The molecule has 0 saturated heterocycles. The van der Waals surface area contributed by atoms with Crippen molar-refractivity contribution in [1.29, 1.82) is 0 Å². The van der Waals surface area contributed by atoms with Crippen LogP contribution in [0.25, 0.3) is 0 Å². The molecular formula is C13H16O3Ti. The first-order valence-corrected chi connectivity index (χ1v) is 9.58. The van der Waals surface area contributed by atoms with E-state index in [0.29, 0.717) is 13.8 Å². The summed E-state index contributed by atoms with van der Waals surface area (Å²) in [7, 11) is 0. The van der Waals surface area contributed by atoms with E-state index in [4.69, 9.17) is 0 Å². The SMILES string of the molecule is CC1=CC2=C(CCCC2)[CH]1[Ti]([CH]=O)([CH]=O)[CH]=O. The fraction of sp³-hybridized carbons (Fsp3) is 0.462. The molecule has 0 fully saturated rings. The number of carbonyl (C=O) groups is 3. The predicted molar refractivity (Wildman–Crippen MR) is 63.3 cm³/mol. The first-order chi connectivity index (χ1) is 8.18. The molecule has 2 aliphatic carbocycles. The van der Waals surface area contributed by atoms with Gasteiger partial charge in [-0.1, -0.05) is 0 Å². The second-order valence-electron chi connectivity index (χ2n) is 4.93. The number of rotatable bonds is 4. The number of hydrogen-bond donors (Lipinski definition) is 0. The summed E-state index contributed by atoms with van der Waals surface area (Å²) in [6.07, 6.45) is 6.33. The molecule has 0 aromatic carbocycles. The molecule has 0 heterocycles. The minimum absolute atomic E-state index is 0.141. The van der Waals surface area contributed by atoms with Crippen molar-refractivity contribution in [2.75, 3.05) is 0 Å². The van der Waals surface area contributed by atoms with Crippen molar-refractivity contribution >= 4 is 13.8 Å². The van der Waals surface area contributed by atoms with Crippen molar-refractivity contribution in [1.82, 2.24) is 0 Å². The van der Waals surface area contributed by atoms with Crippen LogP contribution < -0.4 is 0 Å². The first kappa shape index (κ1) is 12.7. The van der Waals surface area contributed by atoms with E-state index >= 15 is 0 Å². The van der Waals surface area contributed by atoms with Crippen LogP contribution in [-0.4, -0.2) is 13.8 Å². The van der Waals surface area contributed by atoms with Gasteiger partial charge in [0.25, 0.3) is 0 Å². The molecule has 0 aromatic rings. The van der Waals surface area contributed by atoms with Crippen LogP contribution in [0, 0.1) is 0 Å². The molecule has 0 amide bonds. The summed E-state index contributed by atoms with van der Waals surface area (Å²) in [4.78, 5) is 33.8. The van der Waals surface area contributed by atoms with Crippen LogP contribution in [0.2, 0.25) is 4.22 Å². The fourth-order valence-corrected chi connectivity index (χ4v) is 6.78. The van der Waals surface area contributed by atoms with Crippen LogP contribution in [-0.2, 0) is 31.0 Å². The molecule has 0 saturated carbocycles. The Morgan fingerprint density at radius 3 is 2.29 bits per heavy atom. The second kappa shape index (κ2) is 4.83. The molecule has 3 nitrogen and oxygen atoms in total. The van der Waals surface area contributed by atoms with Crippen LogP contribution in [0.5, 0.6) is 0 Å². The second-order valence-corrected chi connectivity index (χ2v) is 10.1. The van der Waals surface area contributed by atoms with Gasteiger partial charge in [0.15, 0.2) is 0 Å². The summed E-state index contributed by atoms with van der Waals surface area (Å²) in [5.74, 6) is 0. The molecule has 0 aromatic heterocycles. The van der Waals surface area contributed by atoms with Gasteiger partial charge in [0.05, 0.1) is 0 Å². The number of carbonyl (C=O) groups excluding carboxylic acids is 3. The third-order valence-electron chi connectivity index (χ3n) is 3.87. The Bertz CT molecular complexity index is 412. The molecule has 0 bridgehead atoms. The van der Waals surface area contributed by atoms with E-state index in [1.165, 1.54) is 17.6 Å². The van der Waals surface area contributed by atoms with Gasteiger partial charge >= 0.3 is 104 Å². The van der Waals surface area contributed by atoms with Gasteiger partial charge in [-0.05, 0) is 0 Å². The van der Waals surface area contributed by atoms with Crippen LogP contribution in [0.15, 0.2) is 22.8 Å². The van der Waals surface area contributed by atoms with Gasteiger partial charge in [-0.25, -0.2) is 0 Å². The molecule has 1 atom stereocenters. The molecule has 0 N–H and O–H groups in total. The molecule has 2 rings (SSSR count). The van der Waals surface area contributed by atoms with Gasteiger partial charge in [0.2, 0.25) is 0 Å². The minimum atomic E-state index is -3.69. The van der Waals surface area contributed by atoms with Crippen molar-refractivity contribution in [2.45, 2.75) is 36.8 Å². The van der Waals surface area contributed by atoms with E-state index in [1.807, 2.05) is 6.92 Å². The molecule has 0 radical (unpaired) electrons. The molecule has 0 aliphatic heterocycles. The van der Waals surface area contributed by atoms with Crippen molar-refractivity contribution in [2.24, 2.45) is 0 Å². The Labute approximate surface area is 104 Å². The van der Waals surface area contributed by atoms with Crippen LogP contribution in [0.1, 0.15) is 32.6 Å². The summed E-state index contributed by atoms with van der Waals surface area (Å²) in [6.45, 7) is 1.94. The third-order valence-corrected chi connectivity index (χ3v) is 8.60. The van der Waals surface area contributed by atoms with Gasteiger partial charge in [-0.15, -0.1) is 0 Å². The van der Waals surface area contributed by atoms with E-state index in [1.54, 1.807) is 0 Å². The fourth-order valence-electron chi connectivity index (χ4n) is 3.06. The van der Waals surface area contributed by atoms with Crippen molar-refractivity contribution in [3.05, 3.63) is 22.8 Å². The average molecular weight is 268 g/mol. The number of hydrogen-bond acceptors (Lipinski definition) is 3. The zero-order valence-electron chi connectivity index (χ0n) is 9.94. The maximum atomic E-state index is 11.3. The summed E-state index contributed by atoms with van der Waals surface area (Å²) in [5, 5.41) is 0. The van der Waals surface area contributed by atoms with E-state index in [9.17, 15) is 14.4 Å². The quantitative estimate of drug-likeness (QED) is 0.580. The molecule has 1 unspecified atom stereocenters. The molecule has 2 aliphatic rings. The van der Waals surface area contributed by atoms with Crippen LogP contribution in [0.4, 0.5) is 0 Å². The third kappa shape index (κ3) is 1.92. The van der Waals surface area contributed by atoms with Crippen LogP contribution >= 0.6 is 0 Å². The van der Waals surface area contributed by atoms with E-state index in [0.717, 1.165) is 24.8 Å². The van der Waals surface area contributed by atoms with E-state index < -0.39 is 16.6 Å². The zero-order valence-corrected chi connectivity index (χ0v) is 11.5.